The van der Waals surface area contributed by atoms with E-state index in [0.717, 1.165) is 45.2 Å². The van der Waals surface area contributed by atoms with Gasteiger partial charge in [-0.2, -0.15) is 0 Å². The molecule has 2 nitrogen and oxygen atoms in total. The number of allylic oxidation sites excluding steroid dienone is 1. The van der Waals surface area contributed by atoms with Crippen LogP contribution in [-0.2, 0) is 4.79 Å². The number of carbonyl (C=O) groups is 1. The molecule has 3 aromatic carbocycles. The Labute approximate surface area is 164 Å². The van der Waals surface area contributed by atoms with Gasteiger partial charge in [0.2, 0.25) is 0 Å². The summed E-state index contributed by atoms with van der Waals surface area (Å²) in [7, 11) is 0. The summed E-state index contributed by atoms with van der Waals surface area (Å²) in [6.07, 6.45) is 1.39. The van der Waals surface area contributed by atoms with Crippen molar-refractivity contribution in [1.29, 1.82) is 0 Å². The van der Waals surface area contributed by atoms with Crippen LogP contribution in [0.2, 0.25) is 0 Å². The second-order valence-electron chi connectivity index (χ2n) is 8.68. The first-order valence-electron chi connectivity index (χ1n) is 9.73. The first-order valence-corrected chi connectivity index (χ1v) is 9.73. The van der Waals surface area contributed by atoms with E-state index in [9.17, 15) is 9.18 Å². The summed E-state index contributed by atoms with van der Waals surface area (Å²) in [6.45, 7) is 4.30. The fourth-order valence-electron chi connectivity index (χ4n) is 4.76. The van der Waals surface area contributed by atoms with Crippen LogP contribution in [0.25, 0.3) is 16.3 Å². The summed E-state index contributed by atoms with van der Waals surface area (Å²) in [5.41, 5.74) is 4.87. The molecular formula is C25H22FNO. The smallest absolute Gasteiger partial charge is 0.164 e. The quantitative estimate of drug-likeness (QED) is 0.545. The number of ketones is 1. The second kappa shape index (κ2) is 6.03. The van der Waals surface area contributed by atoms with E-state index in [2.05, 4.69) is 43.4 Å². The number of rotatable bonds is 1. The summed E-state index contributed by atoms with van der Waals surface area (Å²) < 4.78 is 13.5. The van der Waals surface area contributed by atoms with Gasteiger partial charge in [-0.15, -0.1) is 0 Å². The molecule has 2 aliphatic rings. The molecule has 0 saturated heterocycles. The maximum Gasteiger partial charge on any atom is 0.164 e. The standard InChI is InChI=1S/C25H22FNO/c1-25(2)13-19-23(21(28)14-25)22-18-6-4-3-5-15(18)9-12-20(22)27-24(19)16-7-10-17(26)11-8-16/h3-12,24,27H,13-14H2,1-2H3. The lowest BCUT2D eigenvalue weighted by Gasteiger charge is -2.40. The van der Waals surface area contributed by atoms with Crippen molar-refractivity contribution in [2.24, 2.45) is 5.41 Å². The monoisotopic (exact) mass is 371 g/mol. The molecule has 5 rings (SSSR count). The van der Waals surface area contributed by atoms with Crippen LogP contribution < -0.4 is 5.32 Å². The van der Waals surface area contributed by atoms with Gasteiger partial charge in [0.05, 0.1) is 6.04 Å². The summed E-state index contributed by atoms with van der Waals surface area (Å²) in [5.74, 6) is -0.0438. The van der Waals surface area contributed by atoms with Crippen LogP contribution in [0.1, 0.15) is 43.9 Å². The Kier molecular flexibility index (Phi) is 3.70. The third-order valence-corrected chi connectivity index (χ3v) is 5.94. The van der Waals surface area contributed by atoms with Crippen molar-refractivity contribution in [3.8, 4) is 0 Å². The highest BCUT2D eigenvalue weighted by atomic mass is 19.1. The summed E-state index contributed by atoms with van der Waals surface area (Å²) in [5, 5.41) is 5.88. The first-order chi connectivity index (χ1) is 13.4. The minimum absolute atomic E-state index is 0.0854. The third kappa shape index (κ3) is 2.65. The number of halogens is 1. The molecule has 1 atom stereocenters. The van der Waals surface area contributed by atoms with Crippen LogP contribution in [0, 0.1) is 11.2 Å². The Morgan fingerprint density at radius 3 is 2.50 bits per heavy atom. The normalized spacial score (nSPS) is 20.5. The highest BCUT2D eigenvalue weighted by molar-refractivity contribution is 6.28. The SMILES string of the molecule is CC1(C)CC(=O)C2=C(C1)C(c1ccc(F)cc1)Nc1ccc3ccccc3c12. The molecular weight excluding hydrogens is 349 g/mol. The average molecular weight is 371 g/mol. The predicted octanol–water partition coefficient (Wildman–Crippen LogP) is 6.29. The molecule has 28 heavy (non-hydrogen) atoms. The van der Waals surface area contributed by atoms with Crippen molar-refractivity contribution in [3.05, 3.63) is 83.2 Å². The molecule has 3 aromatic rings. The van der Waals surface area contributed by atoms with Gasteiger partial charge in [0.25, 0.3) is 0 Å². The number of anilines is 1. The number of hydrogen-bond donors (Lipinski definition) is 1. The van der Waals surface area contributed by atoms with Crippen LogP contribution in [0.4, 0.5) is 10.1 Å². The van der Waals surface area contributed by atoms with Crippen molar-refractivity contribution < 1.29 is 9.18 Å². The van der Waals surface area contributed by atoms with Crippen molar-refractivity contribution in [3.63, 3.8) is 0 Å². The Bertz CT molecular complexity index is 1140. The maximum atomic E-state index is 13.5. The Morgan fingerprint density at radius 1 is 0.964 bits per heavy atom. The molecule has 0 radical (unpaired) electrons. The minimum Gasteiger partial charge on any atom is -0.374 e. The van der Waals surface area contributed by atoms with Gasteiger partial charge in [-0.1, -0.05) is 56.3 Å². The fraction of sp³-hybridized carbons (Fsp3) is 0.240. The molecule has 1 aliphatic heterocycles. The average Bonchev–Trinajstić information content (AvgIpc) is 2.66. The lowest BCUT2D eigenvalue weighted by Crippen LogP contribution is -2.32. The molecule has 1 heterocycles. The molecule has 1 unspecified atom stereocenters. The van der Waals surface area contributed by atoms with Gasteiger partial charge in [0.15, 0.2) is 5.78 Å². The summed E-state index contributed by atoms with van der Waals surface area (Å²) in [4.78, 5) is 13.3. The molecule has 0 fully saturated rings. The highest BCUT2D eigenvalue weighted by Crippen LogP contribution is 2.51. The van der Waals surface area contributed by atoms with E-state index in [-0.39, 0.29) is 23.1 Å². The number of hydrogen-bond acceptors (Lipinski definition) is 2. The van der Waals surface area contributed by atoms with Crippen LogP contribution in [0.15, 0.2) is 66.2 Å². The predicted molar refractivity (Wildman–Crippen MR) is 112 cm³/mol. The summed E-state index contributed by atoms with van der Waals surface area (Å²) >= 11 is 0. The Morgan fingerprint density at radius 2 is 1.71 bits per heavy atom. The van der Waals surface area contributed by atoms with E-state index >= 15 is 0 Å². The van der Waals surface area contributed by atoms with Gasteiger partial charge in [0.1, 0.15) is 5.82 Å². The van der Waals surface area contributed by atoms with Crippen molar-refractivity contribution >= 4 is 27.8 Å². The van der Waals surface area contributed by atoms with E-state index in [1.807, 2.05) is 24.3 Å². The molecule has 3 heteroatoms. The van der Waals surface area contributed by atoms with Gasteiger partial charge in [0, 0.05) is 23.2 Å². The van der Waals surface area contributed by atoms with E-state index in [1.54, 1.807) is 0 Å². The lowest BCUT2D eigenvalue weighted by molar-refractivity contribution is -0.116. The summed E-state index contributed by atoms with van der Waals surface area (Å²) in [6, 6.07) is 18.9. The van der Waals surface area contributed by atoms with Crippen molar-refractivity contribution in [1.82, 2.24) is 0 Å². The van der Waals surface area contributed by atoms with Crippen LogP contribution in [-0.4, -0.2) is 5.78 Å². The zero-order valence-corrected chi connectivity index (χ0v) is 16.1. The largest absolute Gasteiger partial charge is 0.374 e. The van der Waals surface area contributed by atoms with Crippen LogP contribution in [0.5, 0.6) is 0 Å². The molecule has 0 bridgehead atoms. The molecule has 0 spiro atoms. The topological polar surface area (TPSA) is 29.1 Å². The Hall–Kier alpha value is -2.94. The third-order valence-electron chi connectivity index (χ3n) is 5.94. The fourth-order valence-corrected chi connectivity index (χ4v) is 4.76. The van der Waals surface area contributed by atoms with E-state index < -0.39 is 0 Å². The highest BCUT2D eigenvalue weighted by Gasteiger charge is 2.40. The van der Waals surface area contributed by atoms with Gasteiger partial charge < -0.3 is 5.32 Å². The van der Waals surface area contributed by atoms with Gasteiger partial charge in [-0.3, -0.25) is 4.79 Å². The zero-order chi connectivity index (χ0) is 19.5. The van der Waals surface area contributed by atoms with E-state index in [1.165, 1.54) is 12.1 Å². The number of carbonyl (C=O) groups excluding carboxylic acids is 1. The zero-order valence-electron chi connectivity index (χ0n) is 16.1. The Balaban J connectivity index is 1.79. The molecule has 0 aromatic heterocycles. The minimum atomic E-state index is -0.250. The molecule has 0 saturated carbocycles. The number of Topliss-reactive ketones (excluding diaryl/α,β-unsaturated/α-hetero) is 1. The van der Waals surface area contributed by atoms with Crippen LogP contribution >= 0.6 is 0 Å². The molecule has 0 amide bonds. The van der Waals surface area contributed by atoms with E-state index in [4.69, 9.17) is 0 Å². The molecule has 140 valence electrons. The lowest BCUT2D eigenvalue weighted by atomic mass is 9.68. The maximum absolute atomic E-state index is 13.5. The van der Waals surface area contributed by atoms with Gasteiger partial charge in [-0.25, -0.2) is 4.39 Å². The number of benzene rings is 3. The number of nitrogens with one attached hydrogen (secondary N) is 1. The van der Waals surface area contributed by atoms with E-state index in [0.29, 0.717) is 6.42 Å². The van der Waals surface area contributed by atoms with Crippen LogP contribution in [0.3, 0.4) is 0 Å². The molecule has 1 N–H and O–H groups in total. The molecule has 1 aliphatic carbocycles. The first kappa shape index (κ1) is 17.2. The van der Waals surface area contributed by atoms with Crippen molar-refractivity contribution in [2.45, 2.75) is 32.7 Å². The second-order valence-corrected chi connectivity index (χ2v) is 8.68. The van der Waals surface area contributed by atoms with Gasteiger partial charge >= 0.3 is 0 Å². The number of fused-ring (bicyclic) bond motifs is 4. The van der Waals surface area contributed by atoms with Crippen molar-refractivity contribution in [2.75, 3.05) is 5.32 Å². The van der Waals surface area contributed by atoms with Gasteiger partial charge in [-0.05, 0) is 51.9 Å².